The van der Waals surface area contributed by atoms with Crippen molar-refractivity contribution in [1.29, 1.82) is 0 Å². The standard InChI is InChI=1S/C22H23N3O3S2/c1-25(30(2,27)28)20-10-6-5-9-18(20)21(26)24-22-23-19(14-29-22)17-12-11-15-7-3-4-8-16(15)13-17/h5-6,9-14H,3-4,7-8H2,1-2H3,(H,23,24,26). The summed E-state index contributed by atoms with van der Waals surface area (Å²) < 4.78 is 24.9. The Labute approximate surface area is 180 Å². The van der Waals surface area contributed by atoms with Gasteiger partial charge in [0.2, 0.25) is 10.0 Å². The third kappa shape index (κ3) is 4.24. The highest BCUT2D eigenvalue weighted by Crippen LogP contribution is 2.30. The molecule has 0 unspecified atom stereocenters. The van der Waals surface area contributed by atoms with Crippen LogP contribution in [-0.2, 0) is 22.9 Å². The summed E-state index contributed by atoms with van der Waals surface area (Å²) in [5.74, 6) is -0.396. The van der Waals surface area contributed by atoms with E-state index in [1.165, 1.54) is 42.4 Å². The fourth-order valence-corrected chi connectivity index (χ4v) is 4.87. The highest BCUT2D eigenvalue weighted by atomic mass is 32.2. The van der Waals surface area contributed by atoms with Gasteiger partial charge in [-0.2, -0.15) is 0 Å². The SMILES string of the molecule is CN(c1ccccc1C(=O)Nc1nc(-c2ccc3c(c2)CCCC3)cs1)S(C)(=O)=O. The lowest BCUT2D eigenvalue weighted by Gasteiger charge is -2.19. The summed E-state index contributed by atoms with van der Waals surface area (Å²) in [6.07, 6.45) is 5.80. The minimum absolute atomic E-state index is 0.274. The summed E-state index contributed by atoms with van der Waals surface area (Å²) in [6.45, 7) is 0. The van der Waals surface area contributed by atoms with Crippen molar-refractivity contribution >= 4 is 38.1 Å². The largest absolute Gasteiger partial charge is 0.298 e. The van der Waals surface area contributed by atoms with Crippen LogP contribution in [0.15, 0.2) is 47.8 Å². The van der Waals surface area contributed by atoms with Crippen molar-refractivity contribution in [2.24, 2.45) is 0 Å². The number of benzene rings is 2. The van der Waals surface area contributed by atoms with Crippen molar-refractivity contribution in [1.82, 2.24) is 4.98 Å². The quantitative estimate of drug-likeness (QED) is 0.639. The second-order valence-corrected chi connectivity index (χ2v) is 10.3. The maximum absolute atomic E-state index is 12.8. The van der Waals surface area contributed by atoms with E-state index in [-0.39, 0.29) is 5.56 Å². The van der Waals surface area contributed by atoms with E-state index in [9.17, 15) is 13.2 Å². The minimum atomic E-state index is -3.48. The maximum Gasteiger partial charge on any atom is 0.259 e. The average Bonchev–Trinajstić information content (AvgIpc) is 3.20. The predicted octanol–water partition coefficient (Wildman–Crippen LogP) is 4.34. The van der Waals surface area contributed by atoms with Crippen LogP contribution in [0.1, 0.15) is 34.3 Å². The monoisotopic (exact) mass is 441 g/mol. The minimum Gasteiger partial charge on any atom is -0.298 e. The van der Waals surface area contributed by atoms with Gasteiger partial charge in [-0.1, -0.05) is 24.3 Å². The molecule has 0 saturated carbocycles. The number of rotatable bonds is 5. The number of aryl methyl sites for hydroxylation is 2. The highest BCUT2D eigenvalue weighted by molar-refractivity contribution is 7.92. The molecule has 1 amide bonds. The number of hydrogen-bond donors (Lipinski definition) is 1. The summed E-state index contributed by atoms with van der Waals surface area (Å²) in [5, 5.41) is 5.21. The lowest BCUT2D eigenvalue weighted by Crippen LogP contribution is -2.27. The number of anilines is 2. The summed E-state index contributed by atoms with van der Waals surface area (Å²) in [6, 6.07) is 13.1. The summed E-state index contributed by atoms with van der Waals surface area (Å²) in [4.78, 5) is 17.4. The Morgan fingerprint density at radius 2 is 1.83 bits per heavy atom. The molecular formula is C22H23N3O3S2. The molecule has 0 fully saturated rings. The smallest absolute Gasteiger partial charge is 0.259 e. The number of hydrogen-bond acceptors (Lipinski definition) is 5. The third-order valence-corrected chi connectivity index (χ3v) is 7.30. The van der Waals surface area contributed by atoms with E-state index in [0.29, 0.717) is 10.8 Å². The summed E-state index contributed by atoms with van der Waals surface area (Å²) in [5.41, 5.74) is 5.27. The van der Waals surface area contributed by atoms with Crippen LogP contribution in [0.2, 0.25) is 0 Å². The molecule has 30 heavy (non-hydrogen) atoms. The van der Waals surface area contributed by atoms with E-state index < -0.39 is 15.9 Å². The number of carbonyl (C=O) groups is 1. The molecule has 0 spiro atoms. The Kier molecular flexibility index (Phi) is 5.62. The molecule has 2 aromatic carbocycles. The highest BCUT2D eigenvalue weighted by Gasteiger charge is 2.20. The predicted molar refractivity (Wildman–Crippen MR) is 122 cm³/mol. The van der Waals surface area contributed by atoms with E-state index in [2.05, 4.69) is 28.5 Å². The molecule has 6 nitrogen and oxygen atoms in total. The number of nitrogens with one attached hydrogen (secondary N) is 1. The molecule has 0 atom stereocenters. The number of sulfonamides is 1. The second kappa shape index (κ2) is 8.20. The molecule has 0 radical (unpaired) electrons. The molecule has 3 aromatic rings. The molecule has 0 aliphatic heterocycles. The van der Waals surface area contributed by atoms with Crippen LogP contribution in [-0.4, -0.2) is 32.6 Å². The number of fused-ring (bicyclic) bond motifs is 1. The molecule has 1 aliphatic rings. The first kappa shape index (κ1) is 20.6. The molecule has 0 bridgehead atoms. The molecule has 8 heteroatoms. The van der Waals surface area contributed by atoms with Gasteiger partial charge >= 0.3 is 0 Å². The van der Waals surface area contributed by atoms with Crippen LogP contribution in [0.3, 0.4) is 0 Å². The summed E-state index contributed by atoms with van der Waals surface area (Å²) >= 11 is 1.35. The van der Waals surface area contributed by atoms with Crippen molar-refractivity contribution in [3.63, 3.8) is 0 Å². The molecule has 1 N–H and O–H groups in total. The van der Waals surface area contributed by atoms with Gasteiger partial charge < -0.3 is 0 Å². The normalized spacial score (nSPS) is 13.5. The molecule has 0 saturated heterocycles. The third-order valence-electron chi connectivity index (χ3n) is 5.35. The number of amides is 1. The van der Waals surface area contributed by atoms with Gasteiger partial charge in [0.15, 0.2) is 5.13 Å². The van der Waals surface area contributed by atoms with Crippen LogP contribution in [0.4, 0.5) is 10.8 Å². The lowest BCUT2D eigenvalue weighted by atomic mass is 9.90. The zero-order valence-electron chi connectivity index (χ0n) is 16.9. The van der Waals surface area contributed by atoms with E-state index in [1.807, 2.05) is 5.38 Å². The van der Waals surface area contributed by atoms with E-state index in [0.717, 1.165) is 34.7 Å². The Bertz CT molecular complexity index is 1200. The molecule has 156 valence electrons. The molecule has 1 aromatic heterocycles. The van der Waals surface area contributed by atoms with Crippen LogP contribution >= 0.6 is 11.3 Å². The van der Waals surface area contributed by atoms with Crippen LogP contribution in [0.25, 0.3) is 11.3 Å². The Morgan fingerprint density at radius 1 is 1.10 bits per heavy atom. The van der Waals surface area contributed by atoms with Crippen LogP contribution < -0.4 is 9.62 Å². The van der Waals surface area contributed by atoms with Crippen molar-refractivity contribution in [2.75, 3.05) is 22.9 Å². The molecule has 1 aliphatic carbocycles. The van der Waals surface area contributed by atoms with Gasteiger partial charge in [-0.3, -0.25) is 14.4 Å². The Morgan fingerprint density at radius 3 is 2.60 bits per heavy atom. The van der Waals surface area contributed by atoms with E-state index >= 15 is 0 Å². The van der Waals surface area contributed by atoms with E-state index in [1.54, 1.807) is 24.3 Å². The van der Waals surface area contributed by atoms with Crippen molar-refractivity contribution in [3.05, 3.63) is 64.5 Å². The summed E-state index contributed by atoms with van der Waals surface area (Å²) in [7, 11) is -2.05. The number of carbonyl (C=O) groups excluding carboxylic acids is 1. The van der Waals surface area contributed by atoms with Crippen molar-refractivity contribution in [2.45, 2.75) is 25.7 Å². The lowest BCUT2D eigenvalue weighted by molar-refractivity contribution is 0.102. The Hall–Kier alpha value is -2.71. The Balaban J connectivity index is 1.56. The molecule has 4 rings (SSSR count). The second-order valence-electron chi connectivity index (χ2n) is 7.43. The van der Waals surface area contributed by atoms with Gasteiger partial charge in [-0.05, 0) is 55.0 Å². The van der Waals surface area contributed by atoms with Gasteiger partial charge in [0, 0.05) is 18.0 Å². The maximum atomic E-state index is 12.8. The first-order valence-electron chi connectivity index (χ1n) is 9.75. The van der Waals surface area contributed by atoms with Gasteiger partial charge in [-0.15, -0.1) is 11.3 Å². The zero-order chi connectivity index (χ0) is 21.3. The fourth-order valence-electron chi connectivity index (χ4n) is 3.64. The van der Waals surface area contributed by atoms with E-state index in [4.69, 9.17) is 0 Å². The van der Waals surface area contributed by atoms with Crippen molar-refractivity contribution < 1.29 is 13.2 Å². The first-order valence-corrected chi connectivity index (χ1v) is 12.5. The fraction of sp³-hybridized carbons (Fsp3) is 0.273. The van der Waals surface area contributed by atoms with Gasteiger partial charge in [-0.25, -0.2) is 13.4 Å². The van der Waals surface area contributed by atoms with Gasteiger partial charge in [0.25, 0.3) is 5.91 Å². The van der Waals surface area contributed by atoms with Crippen molar-refractivity contribution in [3.8, 4) is 11.3 Å². The number of thiazole rings is 1. The number of nitrogens with zero attached hydrogens (tertiary/aromatic N) is 2. The average molecular weight is 442 g/mol. The van der Waals surface area contributed by atoms with Crippen LogP contribution in [0.5, 0.6) is 0 Å². The van der Waals surface area contributed by atoms with Gasteiger partial charge in [0.1, 0.15) is 0 Å². The number of aromatic nitrogens is 1. The topological polar surface area (TPSA) is 79.4 Å². The first-order chi connectivity index (χ1) is 14.3. The zero-order valence-corrected chi connectivity index (χ0v) is 18.5. The number of para-hydroxylation sites is 1. The molecule has 1 heterocycles. The van der Waals surface area contributed by atoms with Crippen LogP contribution in [0, 0.1) is 0 Å². The van der Waals surface area contributed by atoms with Gasteiger partial charge in [0.05, 0.1) is 23.2 Å². The molecular weight excluding hydrogens is 418 g/mol.